The number of rotatable bonds is 4. The van der Waals surface area contributed by atoms with Crippen molar-refractivity contribution in [1.29, 1.82) is 0 Å². The molecule has 0 bridgehead atoms. The number of aromatic nitrogens is 2. The maximum absolute atomic E-state index is 14.8. The van der Waals surface area contributed by atoms with Crippen molar-refractivity contribution in [2.24, 2.45) is 13.0 Å². The molecule has 0 radical (unpaired) electrons. The van der Waals surface area contributed by atoms with Crippen LogP contribution in [0.3, 0.4) is 0 Å². The monoisotopic (exact) mass is 540 g/mol. The van der Waals surface area contributed by atoms with Crippen LogP contribution >= 0.6 is 36.4 Å². The molecule has 3 heterocycles. The molecular formula is C23H24Cl3FN6O2. The molecule has 0 aliphatic carbocycles. The fourth-order valence-electron chi connectivity index (χ4n) is 3.95. The van der Waals surface area contributed by atoms with Gasteiger partial charge in [0.25, 0.3) is 5.91 Å². The Hall–Kier alpha value is -2.85. The zero-order valence-corrected chi connectivity index (χ0v) is 21.1. The van der Waals surface area contributed by atoms with E-state index in [1.54, 1.807) is 40.0 Å². The number of carbonyl (C=O) groups is 2. The van der Waals surface area contributed by atoms with E-state index in [1.165, 1.54) is 12.1 Å². The summed E-state index contributed by atoms with van der Waals surface area (Å²) in [4.78, 5) is 27.1. The SMILES string of the molecule is Cl.Cl.Cn1ncc2c1Nc1cc(Cl)ccc1N(C(=O)c1ccc(CNC(=O)C3CNC3)c(F)c1)C2. The van der Waals surface area contributed by atoms with Gasteiger partial charge in [0.2, 0.25) is 5.91 Å². The number of nitrogens with zero attached hydrogens (tertiary/aromatic N) is 3. The fraction of sp³-hybridized carbons (Fsp3) is 0.261. The average Bonchev–Trinajstić information content (AvgIpc) is 3.00. The molecule has 3 aromatic rings. The molecule has 5 rings (SSSR count). The molecule has 1 fully saturated rings. The van der Waals surface area contributed by atoms with Gasteiger partial charge in [-0.05, 0) is 30.3 Å². The van der Waals surface area contributed by atoms with Gasteiger partial charge in [-0.25, -0.2) is 4.39 Å². The lowest BCUT2D eigenvalue weighted by Gasteiger charge is -2.25. The van der Waals surface area contributed by atoms with Crippen LogP contribution in [-0.2, 0) is 24.9 Å². The molecule has 2 aromatic carbocycles. The molecule has 2 amide bonds. The Kier molecular flexibility index (Phi) is 8.27. The van der Waals surface area contributed by atoms with Gasteiger partial charge in [0.1, 0.15) is 11.6 Å². The summed E-state index contributed by atoms with van der Waals surface area (Å²) in [6, 6.07) is 9.54. The molecule has 186 valence electrons. The van der Waals surface area contributed by atoms with Crippen molar-refractivity contribution in [2.75, 3.05) is 23.3 Å². The number of benzene rings is 2. The highest BCUT2D eigenvalue weighted by Crippen LogP contribution is 2.38. The Morgan fingerprint density at radius 2 is 1.97 bits per heavy atom. The van der Waals surface area contributed by atoms with Crippen molar-refractivity contribution < 1.29 is 14.0 Å². The van der Waals surface area contributed by atoms with Crippen LogP contribution in [0, 0.1) is 11.7 Å². The standard InChI is InChI=1S/C23H22ClFN6O2.2ClH/c1-30-21-16(11-28-30)12-31(20-5-4-17(24)7-19(20)29-21)23(33)13-2-3-14(18(25)6-13)10-27-22(32)15-8-26-9-15;;/h2-7,11,15,26,29H,8-10,12H2,1H3,(H,27,32);2*1H. The second-order valence-electron chi connectivity index (χ2n) is 8.20. The van der Waals surface area contributed by atoms with Crippen LogP contribution in [0.4, 0.5) is 21.6 Å². The molecule has 2 aliphatic rings. The molecule has 35 heavy (non-hydrogen) atoms. The molecule has 2 aliphatic heterocycles. The van der Waals surface area contributed by atoms with E-state index in [9.17, 15) is 14.0 Å². The second-order valence-corrected chi connectivity index (χ2v) is 8.64. The van der Waals surface area contributed by atoms with Crippen molar-refractivity contribution in [3.05, 3.63) is 70.1 Å². The Labute approximate surface area is 219 Å². The number of fused-ring (bicyclic) bond motifs is 2. The van der Waals surface area contributed by atoms with Gasteiger partial charge in [0, 0.05) is 48.4 Å². The van der Waals surface area contributed by atoms with Crippen LogP contribution in [0.15, 0.2) is 42.6 Å². The zero-order chi connectivity index (χ0) is 23.1. The van der Waals surface area contributed by atoms with Gasteiger partial charge < -0.3 is 20.9 Å². The summed E-state index contributed by atoms with van der Waals surface area (Å²) in [6.45, 7) is 1.61. The molecule has 12 heteroatoms. The van der Waals surface area contributed by atoms with E-state index in [0.717, 1.165) is 11.4 Å². The summed E-state index contributed by atoms with van der Waals surface area (Å²) in [7, 11) is 1.81. The van der Waals surface area contributed by atoms with Crippen LogP contribution in [0.25, 0.3) is 0 Å². The molecule has 1 saturated heterocycles. The highest BCUT2D eigenvalue weighted by Gasteiger charge is 2.28. The minimum absolute atomic E-state index is 0. The molecule has 0 atom stereocenters. The Morgan fingerprint density at radius 3 is 2.66 bits per heavy atom. The molecule has 0 spiro atoms. The largest absolute Gasteiger partial charge is 0.352 e. The maximum Gasteiger partial charge on any atom is 0.258 e. The Balaban J connectivity index is 0.00000171. The molecule has 1 aromatic heterocycles. The minimum atomic E-state index is -0.542. The maximum atomic E-state index is 14.8. The first-order chi connectivity index (χ1) is 15.9. The number of halogens is 4. The first-order valence-electron chi connectivity index (χ1n) is 10.6. The molecule has 3 N–H and O–H groups in total. The van der Waals surface area contributed by atoms with Crippen molar-refractivity contribution in [2.45, 2.75) is 13.1 Å². The van der Waals surface area contributed by atoms with Crippen LogP contribution < -0.4 is 20.9 Å². The second kappa shape index (κ2) is 10.8. The van der Waals surface area contributed by atoms with E-state index >= 15 is 0 Å². The highest BCUT2D eigenvalue weighted by atomic mass is 35.5. The highest BCUT2D eigenvalue weighted by molar-refractivity contribution is 6.31. The fourth-order valence-corrected chi connectivity index (χ4v) is 4.12. The average molecular weight is 542 g/mol. The Morgan fingerprint density at radius 1 is 1.20 bits per heavy atom. The van der Waals surface area contributed by atoms with E-state index in [-0.39, 0.29) is 61.2 Å². The number of nitrogens with one attached hydrogen (secondary N) is 3. The van der Waals surface area contributed by atoms with Gasteiger partial charge in [-0.15, -0.1) is 24.8 Å². The van der Waals surface area contributed by atoms with E-state index in [4.69, 9.17) is 11.6 Å². The zero-order valence-electron chi connectivity index (χ0n) is 18.7. The van der Waals surface area contributed by atoms with Crippen LogP contribution in [-0.4, -0.2) is 34.7 Å². The molecule has 8 nitrogen and oxygen atoms in total. The van der Waals surface area contributed by atoms with Crippen LogP contribution in [0.5, 0.6) is 0 Å². The van der Waals surface area contributed by atoms with Gasteiger partial charge >= 0.3 is 0 Å². The van der Waals surface area contributed by atoms with Gasteiger partial charge in [0.15, 0.2) is 0 Å². The summed E-state index contributed by atoms with van der Waals surface area (Å²) in [6.07, 6.45) is 1.69. The van der Waals surface area contributed by atoms with Crippen molar-refractivity contribution in [1.82, 2.24) is 20.4 Å². The normalized spacial score (nSPS) is 14.2. The van der Waals surface area contributed by atoms with Gasteiger partial charge in [0.05, 0.1) is 30.0 Å². The van der Waals surface area contributed by atoms with Gasteiger partial charge in [-0.3, -0.25) is 14.3 Å². The van der Waals surface area contributed by atoms with Gasteiger partial charge in [-0.2, -0.15) is 5.10 Å². The lowest BCUT2D eigenvalue weighted by Crippen LogP contribution is -2.50. The third-order valence-electron chi connectivity index (χ3n) is 6.00. The number of amides is 2. The quantitative estimate of drug-likeness (QED) is 0.467. The molecule has 0 unspecified atom stereocenters. The predicted molar refractivity (Wildman–Crippen MR) is 138 cm³/mol. The Bertz CT molecular complexity index is 1260. The lowest BCUT2D eigenvalue weighted by molar-refractivity contribution is -0.126. The van der Waals surface area contributed by atoms with Crippen molar-refractivity contribution in [3.63, 3.8) is 0 Å². The van der Waals surface area contributed by atoms with E-state index in [0.29, 0.717) is 35.1 Å². The number of aryl methyl sites for hydroxylation is 1. The third kappa shape index (κ3) is 5.23. The van der Waals surface area contributed by atoms with E-state index in [1.807, 2.05) is 7.05 Å². The summed E-state index contributed by atoms with van der Waals surface area (Å²) in [5.74, 6) is -0.316. The van der Waals surface area contributed by atoms with Crippen LogP contribution in [0.2, 0.25) is 5.02 Å². The summed E-state index contributed by atoms with van der Waals surface area (Å²) in [5.41, 5.74) is 2.64. The number of hydrogen-bond donors (Lipinski definition) is 3. The first-order valence-corrected chi connectivity index (χ1v) is 10.9. The predicted octanol–water partition coefficient (Wildman–Crippen LogP) is 3.80. The molecule has 0 saturated carbocycles. The smallest absolute Gasteiger partial charge is 0.258 e. The lowest BCUT2D eigenvalue weighted by atomic mass is 10.0. The molecular weight excluding hydrogens is 518 g/mol. The topological polar surface area (TPSA) is 91.3 Å². The van der Waals surface area contributed by atoms with E-state index < -0.39 is 5.82 Å². The number of carbonyl (C=O) groups excluding carboxylic acids is 2. The summed E-state index contributed by atoms with van der Waals surface area (Å²) < 4.78 is 16.5. The summed E-state index contributed by atoms with van der Waals surface area (Å²) in [5, 5.41) is 13.9. The van der Waals surface area contributed by atoms with E-state index in [2.05, 4.69) is 21.0 Å². The summed E-state index contributed by atoms with van der Waals surface area (Å²) >= 11 is 6.19. The number of hydrogen-bond acceptors (Lipinski definition) is 5. The van der Waals surface area contributed by atoms with Gasteiger partial charge in [-0.1, -0.05) is 17.7 Å². The van der Waals surface area contributed by atoms with Crippen molar-refractivity contribution in [3.8, 4) is 0 Å². The van der Waals surface area contributed by atoms with Crippen molar-refractivity contribution >= 4 is 65.4 Å². The number of anilines is 3. The van der Waals surface area contributed by atoms with Crippen LogP contribution in [0.1, 0.15) is 21.5 Å². The minimum Gasteiger partial charge on any atom is -0.352 e. The first kappa shape index (κ1) is 26.7. The third-order valence-corrected chi connectivity index (χ3v) is 6.23.